The summed E-state index contributed by atoms with van der Waals surface area (Å²) < 4.78 is 33.7. The first kappa shape index (κ1) is 15.7. The van der Waals surface area contributed by atoms with Crippen LogP contribution in [0.4, 0.5) is 0 Å². The summed E-state index contributed by atoms with van der Waals surface area (Å²) in [6, 6.07) is -0.348. The fourth-order valence-corrected chi connectivity index (χ4v) is 4.24. The lowest BCUT2D eigenvalue weighted by Crippen LogP contribution is -2.38. The molecule has 124 valence electrons. The van der Waals surface area contributed by atoms with Gasteiger partial charge in [-0.15, -0.1) is 0 Å². The van der Waals surface area contributed by atoms with Crippen LogP contribution in [-0.4, -0.2) is 48.4 Å². The van der Waals surface area contributed by atoms with Gasteiger partial charge >= 0.3 is 0 Å². The van der Waals surface area contributed by atoms with Gasteiger partial charge in [0.25, 0.3) is 5.91 Å². The second-order valence-corrected chi connectivity index (χ2v) is 7.83. The lowest BCUT2D eigenvalue weighted by atomic mass is 10.2. The average molecular weight is 339 g/mol. The van der Waals surface area contributed by atoms with Crippen molar-refractivity contribution < 1.29 is 22.4 Å². The molecule has 3 rings (SSSR count). The highest BCUT2D eigenvalue weighted by atomic mass is 32.2. The molecule has 0 aliphatic carbocycles. The predicted molar refractivity (Wildman–Crippen MR) is 82.0 cm³/mol. The van der Waals surface area contributed by atoms with Gasteiger partial charge in [0.1, 0.15) is 17.5 Å². The molecule has 3 heterocycles. The van der Waals surface area contributed by atoms with Crippen molar-refractivity contribution in [1.82, 2.24) is 15.3 Å². The fourth-order valence-electron chi connectivity index (χ4n) is 2.57. The SMILES string of the molecule is Cc1oc2ncnc(OCC(=O)N[C@H]3CCS(=O)(=O)C3)c2c1C. The summed E-state index contributed by atoms with van der Waals surface area (Å²) in [4.78, 5) is 20.0. The highest BCUT2D eigenvalue weighted by Crippen LogP contribution is 2.29. The zero-order chi connectivity index (χ0) is 16.6. The van der Waals surface area contributed by atoms with Gasteiger partial charge in [-0.2, -0.15) is 0 Å². The number of ether oxygens (including phenoxy) is 1. The van der Waals surface area contributed by atoms with E-state index in [-0.39, 0.29) is 35.9 Å². The number of hydrogen-bond acceptors (Lipinski definition) is 7. The van der Waals surface area contributed by atoms with E-state index in [0.717, 1.165) is 5.56 Å². The van der Waals surface area contributed by atoms with Crippen LogP contribution in [0.5, 0.6) is 5.88 Å². The van der Waals surface area contributed by atoms with Gasteiger partial charge in [0.2, 0.25) is 11.6 Å². The Morgan fingerprint density at radius 2 is 2.22 bits per heavy atom. The van der Waals surface area contributed by atoms with Crippen molar-refractivity contribution in [3.8, 4) is 5.88 Å². The molecule has 1 fully saturated rings. The molecular formula is C14H17N3O5S. The van der Waals surface area contributed by atoms with Crippen LogP contribution in [0, 0.1) is 13.8 Å². The average Bonchev–Trinajstić information content (AvgIpc) is 2.97. The zero-order valence-corrected chi connectivity index (χ0v) is 13.6. The highest BCUT2D eigenvalue weighted by Gasteiger charge is 2.29. The lowest BCUT2D eigenvalue weighted by Gasteiger charge is -2.11. The predicted octanol–water partition coefficient (Wildman–Crippen LogP) is 0.522. The molecule has 1 saturated heterocycles. The molecule has 1 aliphatic rings. The van der Waals surface area contributed by atoms with E-state index in [1.165, 1.54) is 6.33 Å². The maximum absolute atomic E-state index is 11.9. The molecule has 0 unspecified atom stereocenters. The summed E-state index contributed by atoms with van der Waals surface area (Å²) in [5.41, 5.74) is 1.27. The Morgan fingerprint density at radius 1 is 1.43 bits per heavy atom. The molecule has 0 bridgehead atoms. The zero-order valence-electron chi connectivity index (χ0n) is 12.8. The number of furan rings is 1. The summed E-state index contributed by atoms with van der Waals surface area (Å²) in [7, 11) is -3.03. The number of aromatic nitrogens is 2. The fraction of sp³-hybridized carbons (Fsp3) is 0.500. The van der Waals surface area contributed by atoms with Crippen LogP contribution in [0.3, 0.4) is 0 Å². The molecule has 0 spiro atoms. The van der Waals surface area contributed by atoms with E-state index in [1.807, 2.05) is 13.8 Å². The molecule has 1 aliphatic heterocycles. The molecule has 0 radical (unpaired) electrons. The first-order valence-electron chi connectivity index (χ1n) is 7.19. The Bertz CT molecular complexity index is 859. The number of carbonyl (C=O) groups excluding carboxylic acids is 1. The molecule has 2 aromatic rings. The van der Waals surface area contributed by atoms with Crippen molar-refractivity contribution in [2.45, 2.75) is 26.3 Å². The van der Waals surface area contributed by atoms with Crippen LogP contribution in [0.25, 0.3) is 11.1 Å². The molecule has 1 N–H and O–H groups in total. The third kappa shape index (κ3) is 3.29. The van der Waals surface area contributed by atoms with Crippen LogP contribution < -0.4 is 10.1 Å². The number of carbonyl (C=O) groups is 1. The van der Waals surface area contributed by atoms with Crippen LogP contribution in [0.1, 0.15) is 17.7 Å². The Hall–Kier alpha value is -2.16. The van der Waals surface area contributed by atoms with Crippen molar-refractivity contribution in [3.63, 3.8) is 0 Å². The molecular weight excluding hydrogens is 322 g/mol. The van der Waals surface area contributed by atoms with Crippen molar-refractivity contribution in [2.24, 2.45) is 0 Å². The van der Waals surface area contributed by atoms with Crippen molar-refractivity contribution >= 4 is 26.8 Å². The number of fused-ring (bicyclic) bond motifs is 1. The normalized spacial score (nSPS) is 19.8. The van der Waals surface area contributed by atoms with Crippen LogP contribution in [0.15, 0.2) is 10.7 Å². The number of sulfone groups is 1. The highest BCUT2D eigenvalue weighted by molar-refractivity contribution is 7.91. The number of nitrogens with zero attached hydrogens (tertiary/aromatic N) is 2. The third-order valence-electron chi connectivity index (χ3n) is 3.87. The third-order valence-corrected chi connectivity index (χ3v) is 5.64. The van der Waals surface area contributed by atoms with Crippen LogP contribution in [-0.2, 0) is 14.6 Å². The van der Waals surface area contributed by atoms with Gasteiger partial charge in [0, 0.05) is 11.6 Å². The minimum absolute atomic E-state index is 0.0173. The lowest BCUT2D eigenvalue weighted by molar-refractivity contribution is -0.123. The van der Waals surface area contributed by atoms with Gasteiger partial charge in [0.05, 0.1) is 11.5 Å². The Morgan fingerprint density at radius 3 is 2.91 bits per heavy atom. The number of aryl methyl sites for hydroxylation is 2. The molecule has 1 amide bonds. The molecule has 8 nitrogen and oxygen atoms in total. The van der Waals surface area contributed by atoms with Gasteiger partial charge in [-0.3, -0.25) is 4.79 Å². The second-order valence-electron chi connectivity index (χ2n) is 5.60. The Balaban J connectivity index is 1.66. The minimum atomic E-state index is -3.03. The number of amides is 1. The Labute approximate surface area is 133 Å². The maximum atomic E-state index is 11.9. The van der Waals surface area contributed by atoms with E-state index in [1.54, 1.807) is 0 Å². The second kappa shape index (κ2) is 5.80. The minimum Gasteiger partial charge on any atom is -0.467 e. The first-order chi connectivity index (χ1) is 10.9. The van der Waals surface area contributed by atoms with E-state index >= 15 is 0 Å². The topological polar surface area (TPSA) is 111 Å². The molecule has 9 heteroatoms. The van der Waals surface area contributed by atoms with Gasteiger partial charge in [-0.25, -0.2) is 18.4 Å². The standard InChI is InChI=1S/C14H17N3O5S/c1-8-9(2)22-14-12(8)13(15-7-16-14)21-5-11(18)17-10-3-4-23(19,20)6-10/h7,10H,3-6H2,1-2H3,(H,17,18)/t10-/m0/s1. The molecule has 2 aromatic heterocycles. The summed E-state index contributed by atoms with van der Waals surface area (Å²) in [6.45, 7) is 3.43. The summed E-state index contributed by atoms with van der Waals surface area (Å²) >= 11 is 0. The van der Waals surface area contributed by atoms with Crippen LogP contribution >= 0.6 is 0 Å². The monoisotopic (exact) mass is 339 g/mol. The molecule has 23 heavy (non-hydrogen) atoms. The van der Waals surface area contributed by atoms with E-state index in [0.29, 0.717) is 23.3 Å². The molecule has 1 atom stereocenters. The number of hydrogen-bond donors (Lipinski definition) is 1. The van der Waals surface area contributed by atoms with Crippen LogP contribution in [0.2, 0.25) is 0 Å². The van der Waals surface area contributed by atoms with E-state index in [4.69, 9.17) is 9.15 Å². The van der Waals surface area contributed by atoms with E-state index < -0.39 is 9.84 Å². The number of rotatable bonds is 4. The quantitative estimate of drug-likeness (QED) is 0.864. The van der Waals surface area contributed by atoms with Gasteiger partial charge in [-0.05, 0) is 20.3 Å². The largest absolute Gasteiger partial charge is 0.467 e. The van der Waals surface area contributed by atoms with Gasteiger partial charge < -0.3 is 14.5 Å². The summed E-state index contributed by atoms with van der Waals surface area (Å²) in [5, 5.41) is 3.30. The molecule has 0 saturated carbocycles. The van der Waals surface area contributed by atoms with Crippen molar-refractivity contribution in [1.29, 1.82) is 0 Å². The Kier molecular flexibility index (Phi) is 3.97. The van der Waals surface area contributed by atoms with E-state index in [2.05, 4.69) is 15.3 Å². The summed E-state index contributed by atoms with van der Waals surface area (Å²) in [6.07, 6.45) is 1.74. The van der Waals surface area contributed by atoms with E-state index in [9.17, 15) is 13.2 Å². The van der Waals surface area contributed by atoms with Gasteiger partial charge in [0.15, 0.2) is 16.4 Å². The molecule has 0 aromatic carbocycles. The number of nitrogens with one attached hydrogen (secondary N) is 1. The maximum Gasteiger partial charge on any atom is 0.258 e. The van der Waals surface area contributed by atoms with Crippen molar-refractivity contribution in [3.05, 3.63) is 17.7 Å². The van der Waals surface area contributed by atoms with Crippen molar-refractivity contribution in [2.75, 3.05) is 18.1 Å². The van der Waals surface area contributed by atoms with Gasteiger partial charge in [-0.1, -0.05) is 0 Å². The smallest absolute Gasteiger partial charge is 0.258 e. The first-order valence-corrected chi connectivity index (χ1v) is 9.01. The summed E-state index contributed by atoms with van der Waals surface area (Å²) in [5.74, 6) is 0.705.